The number of hydrogen-bond acceptors (Lipinski definition) is 2. The average molecular weight is 190 g/mol. The van der Waals surface area contributed by atoms with Gasteiger partial charge in [0.25, 0.3) is 0 Å². The first-order chi connectivity index (χ1) is 6.95. The van der Waals surface area contributed by atoms with Gasteiger partial charge in [0.1, 0.15) is 0 Å². The Morgan fingerprint density at radius 1 is 1.21 bits per heavy atom. The zero-order chi connectivity index (χ0) is 9.64. The molecule has 76 valence electrons. The van der Waals surface area contributed by atoms with Crippen molar-refractivity contribution in [1.82, 2.24) is 10.3 Å². The molecule has 0 bridgehead atoms. The van der Waals surface area contributed by atoms with Gasteiger partial charge in [0.15, 0.2) is 0 Å². The van der Waals surface area contributed by atoms with Gasteiger partial charge in [-0.1, -0.05) is 0 Å². The Labute approximate surface area is 85.7 Å². The number of nitrogens with one attached hydrogen (secondary N) is 1. The summed E-state index contributed by atoms with van der Waals surface area (Å²) in [5.74, 6) is 0. The van der Waals surface area contributed by atoms with Crippen LogP contribution in [0.3, 0.4) is 0 Å². The summed E-state index contributed by atoms with van der Waals surface area (Å²) in [6.07, 6.45) is 10.3. The highest BCUT2D eigenvalue weighted by Gasteiger charge is 2.19. The zero-order valence-electron chi connectivity index (χ0n) is 8.58. The van der Waals surface area contributed by atoms with Gasteiger partial charge in [0.05, 0.1) is 0 Å². The molecule has 1 aliphatic carbocycles. The van der Waals surface area contributed by atoms with E-state index in [1.165, 1.54) is 44.2 Å². The number of hydrogen-bond donors (Lipinski definition) is 1. The number of unbranched alkanes of at least 4 members (excludes halogenated alkanes) is 1. The number of aromatic nitrogens is 1. The molecule has 2 nitrogen and oxygen atoms in total. The van der Waals surface area contributed by atoms with Crippen LogP contribution in [0.1, 0.15) is 31.2 Å². The van der Waals surface area contributed by atoms with E-state index in [1.807, 2.05) is 12.4 Å². The zero-order valence-corrected chi connectivity index (χ0v) is 8.58. The molecule has 0 aliphatic heterocycles. The lowest BCUT2D eigenvalue weighted by Gasteiger charge is -2.02. The van der Waals surface area contributed by atoms with Gasteiger partial charge in [0, 0.05) is 18.4 Å². The van der Waals surface area contributed by atoms with Gasteiger partial charge in [-0.2, -0.15) is 0 Å². The molecule has 0 unspecified atom stereocenters. The molecule has 1 aliphatic rings. The van der Waals surface area contributed by atoms with E-state index in [0.717, 1.165) is 6.04 Å². The average Bonchev–Trinajstić information content (AvgIpc) is 3.03. The van der Waals surface area contributed by atoms with Crippen molar-refractivity contribution in [1.29, 1.82) is 0 Å². The predicted molar refractivity (Wildman–Crippen MR) is 58.2 cm³/mol. The second-order valence-corrected chi connectivity index (χ2v) is 4.04. The fourth-order valence-corrected chi connectivity index (χ4v) is 1.60. The molecule has 0 spiro atoms. The molecule has 1 aromatic rings. The van der Waals surface area contributed by atoms with E-state index in [0.29, 0.717) is 0 Å². The maximum atomic E-state index is 4.01. The summed E-state index contributed by atoms with van der Waals surface area (Å²) in [5.41, 5.74) is 1.41. The first-order valence-corrected chi connectivity index (χ1v) is 5.57. The Bertz CT molecular complexity index is 254. The highest BCUT2D eigenvalue weighted by molar-refractivity contribution is 5.09. The van der Waals surface area contributed by atoms with E-state index >= 15 is 0 Å². The normalized spacial score (nSPS) is 15.7. The van der Waals surface area contributed by atoms with Crippen molar-refractivity contribution < 1.29 is 0 Å². The van der Waals surface area contributed by atoms with E-state index in [9.17, 15) is 0 Å². The highest BCUT2D eigenvalue weighted by atomic mass is 14.9. The van der Waals surface area contributed by atoms with E-state index in [2.05, 4.69) is 22.4 Å². The summed E-state index contributed by atoms with van der Waals surface area (Å²) in [7, 11) is 0. The Balaban J connectivity index is 1.54. The molecule has 1 fully saturated rings. The molecule has 1 N–H and O–H groups in total. The summed E-state index contributed by atoms with van der Waals surface area (Å²) in [5, 5.41) is 3.53. The lowest BCUT2D eigenvalue weighted by atomic mass is 10.1. The number of nitrogens with zero attached hydrogens (tertiary/aromatic N) is 1. The third kappa shape index (κ3) is 3.46. The van der Waals surface area contributed by atoms with Crippen LogP contribution in [0.25, 0.3) is 0 Å². The van der Waals surface area contributed by atoms with Crippen LogP contribution in [0.2, 0.25) is 0 Å². The molecule has 0 aromatic carbocycles. The predicted octanol–water partition coefficient (Wildman–Crippen LogP) is 2.16. The Kier molecular flexibility index (Phi) is 3.52. The van der Waals surface area contributed by atoms with E-state index in [1.54, 1.807) is 0 Å². The van der Waals surface area contributed by atoms with Crippen LogP contribution in [-0.2, 0) is 6.42 Å². The molecule has 1 saturated carbocycles. The molecule has 2 heteroatoms. The van der Waals surface area contributed by atoms with E-state index < -0.39 is 0 Å². The number of rotatable bonds is 6. The quantitative estimate of drug-likeness (QED) is 0.695. The topological polar surface area (TPSA) is 24.9 Å². The standard InChI is InChI=1S/C12H18N2/c1(2-8-14-12-4-5-12)3-11-6-9-13-10-7-11/h6-7,9-10,12,14H,1-5,8H2. The summed E-state index contributed by atoms with van der Waals surface area (Å²) in [6.45, 7) is 1.19. The van der Waals surface area contributed by atoms with Crippen molar-refractivity contribution in [3.8, 4) is 0 Å². The van der Waals surface area contributed by atoms with Crippen molar-refractivity contribution >= 4 is 0 Å². The monoisotopic (exact) mass is 190 g/mol. The van der Waals surface area contributed by atoms with Crippen LogP contribution in [0.15, 0.2) is 24.5 Å². The Hall–Kier alpha value is -0.890. The van der Waals surface area contributed by atoms with Crippen molar-refractivity contribution in [2.75, 3.05) is 6.54 Å². The minimum atomic E-state index is 0.857. The van der Waals surface area contributed by atoms with Crippen molar-refractivity contribution in [3.05, 3.63) is 30.1 Å². The largest absolute Gasteiger partial charge is 0.314 e. The molecule has 14 heavy (non-hydrogen) atoms. The highest BCUT2D eigenvalue weighted by Crippen LogP contribution is 2.18. The third-order valence-corrected chi connectivity index (χ3v) is 2.65. The third-order valence-electron chi connectivity index (χ3n) is 2.65. The van der Waals surface area contributed by atoms with Gasteiger partial charge in [-0.25, -0.2) is 0 Å². The van der Waals surface area contributed by atoms with Crippen LogP contribution >= 0.6 is 0 Å². The molecule has 1 aromatic heterocycles. The van der Waals surface area contributed by atoms with Crippen LogP contribution in [0.5, 0.6) is 0 Å². The second-order valence-electron chi connectivity index (χ2n) is 4.04. The minimum Gasteiger partial charge on any atom is -0.314 e. The van der Waals surface area contributed by atoms with Crippen LogP contribution in [0, 0.1) is 0 Å². The summed E-state index contributed by atoms with van der Waals surface area (Å²) in [4.78, 5) is 4.01. The molecule has 1 heterocycles. The number of aryl methyl sites for hydroxylation is 1. The fourth-order valence-electron chi connectivity index (χ4n) is 1.60. The smallest absolute Gasteiger partial charge is 0.0270 e. The van der Waals surface area contributed by atoms with Crippen molar-refractivity contribution in [2.24, 2.45) is 0 Å². The lowest BCUT2D eigenvalue weighted by molar-refractivity contribution is 0.619. The van der Waals surface area contributed by atoms with Crippen LogP contribution < -0.4 is 5.32 Å². The Morgan fingerprint density at radius 3 is 2.71 bits per heavy atom. The second kappa shape index (κ2) is 5.11. The van der Waals surface area contributed by atoms with Crippen LogP contribution in [-0.4, -0.2) is 17.6 Å². The molecular weight excluding hydrogens is 172 g/mol. The molecule has 2 rings (SSSR count). The minimum absolute atomic E-state index is 0.857. The molecule has 0 amide bonds. The van der Waals surface area contributed by atoms with Gasteiger partial charge in [-0.05, 0) is 56.3 Å². The van der Waals surface area contributed by atoms with Gasteiger partial charge in [-0.3, -0.25) is 4.98 Å². The van der Waals surface area contributed by atoms with Gasteiger partial charge in [0.2, 0.25) is 0 Å². The van der Waals surface area contributed by atoms with E-state index in [4.69, 9.17) is 0 Å². The van der Waals surface area contributed by atoms with Gasteiger partial charge >= 0.3 is 0 Å². The maximum absolute atomic E-state index is 4.01. The molecule has 0 atom stereocenters. The SMILES string of the molecule is c1cc(CCCCNC2CC2)ccn1. The first kappa shape index (κ1) is 9.66. The van der Waals surface area contributed by atoms with Crippen molar-refractivity contribution in [3.63, 3.8) is 0 Å². The summed E-state index contributed by atoms with van der Waals surface area (Å²) >= 11 is 0. The molecular formula is C12H18N2. The summed E-state index contributed by atoms with van der Waals surface area (Å²) in [6, 6.07) is 5.07. The summed E-state index contributed by atoms with van der Waals surface area (Å²) < 4.78 is 0. The van der Waals surface area contributed by atoms with Crippen molar-refractivity contribution in [2.45, 2.75) is 38.1 Å². The van der Waals surface area contributed by atoms with Crippen LogP contribution in [0.4, 0.5) is 0 Å². The van der Waals surface area contributed by atoms with Gasteiger partial charge in [-0.15, -0.1) is 0 Å². The number of pyridine rings is 1. The fraction of sp³-hybridized carbons (Fsp3) is 0.583. The Morgan fingerprint density at radius 2 is 2.00 bits per heavy atom. The molecule has 0 saturated heterocycles. The molecule has 0 radical (unpaired) electrons. The first-order valence-electron chi connectivity index (χ1n) is 5.57. The van der Waals surface area contributed by atoms with Gasteiger partial charge < -0.3 is 5.32 Å². The lowest BCUT2D eigenvalue weighted by Crippen LogP contribution is -2.17. The maximum Gasteiger partial charge on any atom is 0.0270 e. The van der Waals surface area contributed by atoms with E-state index in [-0.39, 0.29) is 0 Å².